The van der Waals surface area contributed by atoms with Crippen molar-refractivity contribution in [1.29, 1.82) is 0 Å². The van der Waals surface area contributed by atoms with Crippen LogP contribution in [0.5, 0.6) is 5.75 Å². The van der Waals surface area contributed by atoms with Gasteiger partial charge in [-0.1, -0.05) is 44.4 Å². The maximum absolute atomic E-state index is 12.1. The van der Waals surface area contributed by atoms with Gasteiger partial charge in [0.25, 0.3) is 0 Å². The van der Waals surface area contributed by atoms with Crippen molar-refractivity contribution < 1.29 is 9.53 Å². The fraction of sp³-hybridized carbons (Fsp3) is 0.304. The fourth-order valence-corrected chi connectivity index (χ4v) is 3.72. The summed E-state index contributed by atoms with van der Waals surface area (Å²) in [6, 6.07) is 15.6. The average molecular weight is 410 g/mol. The first-order valence-electron chi connectivity index (χ1n) is 9.95. The molecular weight excluding hydrogens is 382 g/mol. The Morgan fingerprint density at radius 2 is 1.90 bits per heavy atom. The first kappa shape index (κ1) is 20.9. The zero-order valence-electron chi connectivity index (χ0n) is 16.9. The van der Waals surface area contributed by atoms with E-state index in [-0.39, 0.29) is 5.91 Å². The SMILES string of the molecule is CCCCCCC(=O)Nc1cccc(-c2csc(Nc3cccc(OC)c3)n2)c1. The van der Waals surface area contributed by atoms with Crippen LogP contribution in [0.3, 0.4) is 0 Å². The van der Waals surface area contributed by atoms with E-state index < -0.39 is 0 Å². The number of carbonyl (C=O) groups is 1. The highest BCUT2D eigenvalue weighted by Crippen LogP contribution is 2.29. The molecule has 152 valence electrons. The maximum Gasteiger partial charge on any atom is 0.224 e. The molecule has 0 spiro atoms. The van der Waals surface area contributed by atoms with Crippen LogP contribution in [-0.2, 0) is 4.79 Å². The van der Waals surface area contributed by atoms with E-state index >= 15 is 0 Å². The normalized spacial score (nSPS) is 10.6. The molecule has 5 nitrogen and oxygen atoms in total. The third-order valence-electron chi connectivity index (χ3n) is 4.52. The van der Waals surface area contributed by atoms with E-state index in [4.69, 9.17) is 4.74 Å². The molecule has 0 aliphatic rings. The molecule has 0 saturated carbocycles. The number of benzene rings is 2. The van der Waals surface area contributed by atoms with Crippen LogP contribution < -0.4 is 15.4 Å². The van der Waals surface area contributed by atoms with E-state index in [0.717, 1.165) is 46.4 Å². The number of methoxy groups -OCH3 is 1. The van der Waals surface area contributed by atoms with Crippen LogP contribution in [0, 0.1) is 0 Å². The molecule has 2 N–H and O–H groups in total. The van der Waals surface area contributed by atoms with Crippen molar-refractivity contribution in [3.05, 3.63) is 53.9 Å². The molecule has 0 radical (unpaired) electrons. The summed E-state index contributed by atoms with van der Waals surface area (Å²) in [7, 11) is 1.65. The van der Waals surface area contributed by atoms with Gasteiger partial charge >= 0.3 is 0 Å². The van der Waals surface area contributed by atoms with E-state index in [0.29, 0.717) is 6.42 Å². The first-order chi connectivity index (χ1) is 14.2. The average Bonchev–Trinajstić information content (AvgIpc) is 3.20. The highest BCUT2D eigenvalue weighted by Gasteiger charge is 2.08. The number of hydrogen-bond donors (Lipinski definition) is 2. The van der Waals surface area contributed by atoms with Gasteiger partial charge in [-0.05, 0) is 30.7 Å². The summed E-state index contributed by atoms with van der Waals surface area (Å²) in [5.41, 5.74) is 3.58. The second kappa shape index (κ2) is 10.6. The van der Waals surface area contributed by atoms with E-state index in [1.807, 2.05) is 53.9 Å². The number of nitrogens with zero attached hydrogens (tertiary/aromatic N) is 1. The molecule has 1 heterocycles. The molecule has 0 aliphatic heterocycles. The zero-order valence-corrected chi connectivity index (χ0v) is 17.7. The molecule has 3 aromatic rings. The highest BCUT2D eigenvalue weighted by atomic mass is 32.1. The Hall–Kier alpha value is -2.86. The quantitative estimate of drug-likeness (QED) is 0.377. The summed E-state index contributed by atoms with van der Waals surface area (Å²) in [5, 5.41) is 9.11. The van der Waals surface area contributed by atoms with Crippen molar-refractivity contribution in [2.24, 2.45) is 0 Å². The number of unbranched alkanes of at least 4 members (excludes halogenated alkanes) is 3. The monoisotopic (exact) mass is 409 g/mol. The van der Waals surface area contributed by atoms with E-state index in [1.54, 1.807) is 7.11 Å². The molecule has 0 aliphatic carbocycles. The van der Waals surface area contributed by atoms with Gasteiger partial charge in [0.05, 0.1) is 12.8 Å². The minimum Gasteiger partial charge on any atom is -0.497 e. The predicted octanol–water partition coefficient (Wildman–Crippen LogP) is 6.47. The molecule has 0 fully saturated rings. The summed E-state index contributed by atoms with van der Waals surface area (Å²) in [6.45, 7) is 2.17. The third kappa shape index (κ3) is 6.32. The van der Waals surface area contributed by atoms with Gasteiger partial charge in [-0.3, -0.25) is 4.79 Å². The lowest BCUT2D eigenvalue weighted by Gasteiger charge is -2.07. The molecule has 2 aromatic carbocycles. The maximum atomic E-state index is 12.1. The van der Waals surface area contributed by atoms with Crippen LogP contribution in [-0.4, -0.2) is 18.0 Å². The molecule has 0 saturated heterocycles. The summed E-state index contributed by atoms with van der Waals surface area (Å²) in [4.78, 5) is 16.8. The van der Waals surface area contributed by atoms with E-state index in [2.05, 4.69) is 22.5 Å². The van der Waals surface area contributed by atoms with Crippen LogP contribution in [0.25, 0.3) is 11.3 Å². The molecule has 0 bridgehead atoms. The molecule has 1 aromatic heterocycles. The summed E-state index contributed by atoms with van der Waals surface area (Å²) in [5.74, 6) is 0.863. The topological polar surface area (TPSA) is 63.2 Å². The Morgan fingerprint density at radius 1 is 1.07 bits per heavy atom. The van der Waals surface area contributed by atoms with Crippen LogP contribution in [0.1, 0.15) is 39.0 Å². The number of nitrogens with one attached hydrogen (secondary N) is 2. The number of anilines is 3. The number of amides is 1. The van der Waals surface area contributed by atoms with Crippen LogP contribution >= 0.6 is 11.3 Å². The highest BCUT2D eigenvalue weighted by molar-refractivity contribution is 7.14. The Balaban J connectivity index is 1.62. The van der Waals surface area contributed by atoms with Crippen LogP contribution in [0.15, 0.2) is 53.9 Å². The van der Waals surface area contributed by atoms with Gasteiger partial charge in [-0.2, -0.15) is 0 Å². The summed E-state index contributed by atoms with van der Waals surface area (Å²) in [6.07, 6.45) is 4.96. The lowest BCUT2D eigenvalue weighted by atomic mass is 10.1. The second-order valence-corrected chi connectivity index (χ2v) is 7.69. The number of hydrogen-bond acceptors (Lipinski definition) is 5. The van der Waals surface area contributed by atoms with Gasteiger partial charge in [0.15, 0.2) is 5.13 Å². The first-order valence-corrected chi connectivity index (χ1v) is 10.8. The zero-order chi connectivity index (χ0) is 20.5. The van der Waals surface area contributed by atoms with Gasteiger partial charge < -0.3 is 15.4 Å². The molecule has 3 rings (SSSR count). The molecule has 1 amide bonds. The Labute approximate surface area is 176 Å². The largest absolute Gasteiger partial charge is 0.497 e. The summed E-state index contributed by atoms with van der Waals surface area (Å²) >= 11 is 1.54. The van der Waals surface area contributed by atoms with Crippen LogP contribution in [0.2, 0.25) is 0 Å². The Kier molecular flexibility index (Phi) is 7.64. The predicted molar refractivity (Wildman–Crippen MR) is 121 cm³/mol. The Bertz CT molecular complexity index is 939. The molecule has 0 atom stereocenters. The van der Waals surface area contributed by atoms with Crippen molar-refractivity contribution in [3.63, 3.8) is 0 Å². The molecule has 6 heteroatoms. The number of carbonyl (C=O) groups excluding carboxylic acids is 1. The van der Waals surface area contributed by atoms with Crippen molar-refractivity contribution in [2.45, 2.75) is 39.0 Å². The minimum absolute atomic E-state index is 0.0666. The lowest BCUT2D eigenvalue weighted by molar-refractivity contribution is -0.116. The smallest absolute Gasteiger partial charge is 0.224 e. The van der Waals surface area contributed by atoms with Crippen molar-refractivity contribution in [2.75, 3.05) is 17.7 Å². The fourth-order valence-electron chi connectivity index (χ4n) is 2.98. The number of aromatic nitrogens is 1. The number of rotatable bonds is 10. The van der Waals surface area contributed by atoms with Crippen molar-refractivity contribution in [3.8, 4) is 17.0 Å². The molecular formula is C23H27N3O2S. The van der Waals surface area contributed by atoms with Gasteiger partial charge in [-0.25, -0.2) is 4.98 Å². The van der Waals surface area contributed by atoms with Gasteiger partial charge in [0, 0.05) is 34.8 Å². The van der Waals surface area contributed by atoms with E-state index in [9.17, 15) is 4.79 Å². The van der Waals surface area contributed by atoms with Crippen LogP contribution in [0.4, 0.5) is 16.5 Å². The van der Waals surface area contributed by atoms with Gasteiger partial charge in [0.2, 0.25) is 5.91 Å². The molecule has 0 unspecified atom stereocenters. The van der Waals surface area contributed by atoms with Gasteiger partial charge in [-0.15, -0.1) is 11.3 Å². The standard InChI is InChI=1S/C23H27N3O2S/c1-3-4-5-6-13-22(27)24-18-10-7-9-17(14-18)21-16-29-23(26-21)25-19-11-8-12-20(15-19)28-2/h7-12,14-16H,3-6,13H2,1-2H3,(H,24,27)(H,25,26). The second-order valence-electron chi connectivity index (χ2n) is 6.83. The molecule has 29 heavy (non-hydrogen) atoms. The lowest BCUT2D eigenvalue weighted by Crippen LogP contribution is -2.11. The van der Waals surface area contributed by atoms with Crippen molar-refractivity contribution in [1.82, 2.24) is 4.98 Å². The van der Waals surface area contributed by atoms with Crippen molar-refractivity contribution >= 4 is 33.8 Å². The Morgan fingerprint density at radius 3 is 2.72 bits per heavy atom. The minimum atomic E-state index is 0.0666. The van der Waals surface area contributed by atoms with E-state index in [1.165, 1.54) is 24.2 Å². The van der Waals surface area contributed by atoms with Gasteiger partial charge in [0.1, 0.15) is 5.75 Å². The number of ether oxygens (including phenoxy) is 1. The third-order valence-corrected chi connectivity index (χ3v) is 5.28. The number of thiazole rings is 1. The summed E-state index contributed by atoms with van der Waals surface area (Å²) < 4.78 is 5.26.